The summed E-state index contributed by atoms with van der Waals surface area (Å²) in [6.45, 7) is 1.68. The van der Waals surface area contributed by atoms with Crippen molar-refractivity contribution in [3.05, 3.63) is 41.3 Å². The first-order valence-electron chi connectivity index (χ1n) is 5.44. The Morgan fingerprint density at radius 1 is 1.11 bits per heavy atom. The zero-order chi connectivity index (χ0) is 14.0. The van der Waals surface area contributed by atoms with Gasteiger partial charge >= 0.3 is 0 Å². The summed E-state index contributed by atoms with van der Waals surface area (Å²) in [6, 6.07) is 1.20. The molecule has 2 aromatic rings. The van der Waals surface area contributed by atoms with Gasteiger partial charge in [-0.2, -0.15) is 4.98 Å². The highest BCUT2D eigenvalue weighted by molar-refractivity contribution is 5.61. The fourth-order valence-electron chi connectivity index (χ4n) is 1.47. The molecule has 0 aliphatic rings. The molecule has 0 spiro atoms. The molecule has 0 atom stereocenters. The van der Waals surface area contributed by atoms with E-state index < -0.39 is 23.1 Å². The van der Waals surface area contributed by atoms with Gasteiger partial charge in [0.15, 0.2) is 11.6 Å². The molecule has 1 heterocycles. The van der Waals surface area contributed by atoms with Crippen molar-refractivity contribution in [1.82, 2.24) is 9.97 Å². The molecule has 0 saturated heterocycles. The number of rotatable bonds is 3. The average Bonchev–Trinajstić information content (AvgIpc) is 2.35. The highest BCUT2D eigenvalue weighted by Crippen LogP contribution is 2.25. The van der Waals surface area contributed by atoms with Crippen molar-refractivity contribution >= 4 is 17.5 Å². The van der Waals surface area contributed by atoms with Gasteiger partial charge in [0, 0.05) is 30.9 Å². The van der Waals surface area contributed by atoms with Crippen LogP contribution in [0.25, 0.3) is 0 Å². The lowest BCUT2D eigenvalue weighted by Crippen LogP contribution is -2.05. The summed E-state index contributed by atoms with van der Waals surface area (Å²) >= 11 is 0. The van der Waals surface area contributed by atoms with Crippen molar-refractivity contribution in [3.63, 3.8) is 0 Å². The van der Waals surface area contributed by atoms with Gasteiger partial charge in [-0.1, -0.05) is 0 Å². The van der Waals surface area contributed by atoms with Crippen LogP contribution in [-0.4, -0.2) is 17.0 Å². The monoisotopic (exact) mass is 268 g/mol. The van der Waals surface area contributed by atoms with Crippen molar-refractivity contribution in [3.8, 4) is 0 Å². The number of halogens is 3. The summed E-state index contributed by atoms with van der Waals surface area (Å²) in [7, 11) is 1.62. The van der Waals surface area contributed by atoms with Crippen LogP contribution < -0.4 is 10.6 Å². The first kappa shape index (κ1) is 13.1. The van der Waals surface area contributed by atoms with E-state index in [2.05, 4.69) is 20.6 Å². The molecular formula is C12H11F3N4. The van der Waals surface area contributed by atoms with E-state index in [9.17, 15) is 13.2 Å². The molecule has 1 aromatic carbocycles. The smallest absolute Gasteiger partial charge is 0.224 e. The molecule has 1 aromatic heterocycles. The van der Waals surface area contributed by atoms with Gasteiger partial charge in [0.2, 0.25) is 5.95 Å². The van der Waals surface area contributed by atoms with Gasteiger partial charge in [0.1, 0.15) is 17.3 Å². The van der Waals surface area contributed by atoms with Gasteiger partial charge < -0.3 is 10.6 Å². The van der Waals surface area contributed by atoms with E-state index in [0.29, 0.717) is 23.6 Å². The first-order valence-corrected chi connectivity index (χ1v) is 5.44. The van der Waals surface area contributed by atoms with Crippen molar-refractivity contribution in [2.75, 3.05) is 17.7 Å². The molecule has 0 bridgehead atoms. The second-order valence-corrected chi connectivity index (χ2v) is 3.84. The minimum absolute atomic E-state index is 0.240. The molecule has 0 amide bonds. The fraction of sp³-hybridized carbons (Fsp3) is 0.167. The second-order valence-electron chi connectivity index (χ2n) is 3.84. The van der Waals surface area contributed by atoms with Crippen LogP contribution in [-0.2, 0) is 0 Å². The third kappa shape index (κ3) is 2.75. The average molecular weight is 268 g/mol. The Morgan fingerprint density at radius 2 is 1.74 bits per heavy atom. The topological polar surface area (TPSA) is 49.8 Å². The lowest BCUT2D eigenvalue weighted by Gasteiger charge is -2.11. The Hall–Kier alpha value is -2.31. The lowest BCUT2D eigenvalue weighted by molar-refractivity contribution is 0.548. The van der Waals surface area contributed by atoms with Gasteiger partial charge in [-0.3, -0.25) is 0 Å². The number of anilines is 3. The third-order valence-electron chi connectivity index (χ3n) is 2.45. The highest BCUT2D eigenvalue weighted by atomic mass is 19.1. The maximum atomic E-state index is 13.5. The van der Waals surface area contributed by atoms with Crippen molar-refractivity contribution in [1.29, 1.82) is 0 Å². The molecule has 0 aliphatic carbocycles. The molecule has 0 saturated carbocycles. The van der Waals surface area contributed by atoms with Crippen molar-refractivity contribution < 1.29 is 13.2 Å². The van der Waals surface area contributed by atoms with Crippen LogP contribution in [0.15, 0.2) is 18.3 Å². The molecule has 0 fully saturated rings. The van der Waals surface area contributed by atoms with Gasteiger partial charge in [0.05, 0.1) is 0 Å². The predicted molar refractivity (Wildman–Crippen MR) is 65.9 cm³/mol. The largest absolute Gasteiger partial charge is 0.357 e. The Bertz CT molecular complexity index is 593. The Balaban J connectivity index is 2.41. The number of aromatic nitrogens is 2. The number of nitrogens with zero attached hydrogens (tertiary/aromatic N) is 2. The normalized spacial score (nSPS) is 10.4. The molecule has 0 radical (unpaired) electrons. The van der Waals surface area contributed by atoms with Crippen LogP contribution in [0, 0.1) is 24.4 Å². The lowest BCUT2D eigenvalue weighted by atomic mass is 10.2. The van der Waals surface area contributed by atoms with Crippen LogP contribution >= 0.6 is 0 Å². The molecular weight excluding hydrogens is 257 g/mol. The molecule has 0 unspecified atom stereocenters. The molecule has 100 valence electrons. The van der Waals surface area contributed by atoms with Crippen molar-refractivity contribution in [2.45, 2.75) is 6.92 Å². The van der Waals surface area contributed by atoms with E-state index >= 15 is 0 Å². The van der Waals surface area contributed by atoms with E-state index in [-0.39, 0.29) is 5.82 Å². The number of hydrogen-bond acceptors (Lipinski definition) is 4. The molecule has 7 heteroatoms. The van der Waals surface area contributed by atoms with Crippen LogP contribution in [0.5, 0.6) is 0 Å². The number of aryl methyl sites for hydroxylation is 1. The summed E-state index contributed by atoms with van der Waals surface area (Å²) in [5.74, 6) is -2.49. The summed E-state index contributed by atoms with van der Waals surface area (Å²) in [5.41, 5.74) is 0.146. The Labute approximate surface area is 107 Å². The van der Waals surface area contributed by atoms with Crippen LogP contribution in [0.2, 0.25) is 0 Å². The Morgan fingerprint density at radius 3 is 2.32 bits per heavy atom. The quantitative estimate of drug-likeness (QED) is 0.898. The number of hydrogen-bond donors (Lipinski definition) is 2. The summed E-state index contributed by atoms with van der Waals surface area (Å²) in [4.78, 5) is 7.98. The minimum Gasteiger partial charge on any atom is -0.357 e. The zero-order valence-electron chi connectivity index (χ0n) is 10.3. The molecule has 0 aliphatic heterocycles. The second kappa shape index (κ2) is 5.13. The molecule has 19 heavy (non-hydrogen) atoms. The van der Waals surface area contributed by atoms with Gasteiger partial charge in [-0.25, -0.2) is 18.2 Å². The summed E-state index contributed by atoms with van der Waals surface area (Å²) in [5, 5.41) is 5.21. The molecule has 2 N–H and O–H groups in total. The minimum atomic E-state index is -1.03. The standard InChI is InChI=1S/C12H11F3N4/c1-6-5-17-12(16-2)19-11(6)18-10-8(14)3-7(13)4-9(10)15/h3-5H,1-2H3,(H2,16,17,18,19). The van der Waals surface area contributed by atoms with Crippen molar-refractivity contribution in [2.24, 2.45) is 0 Å². The van der Waals surface area contributed by atoms with Gasteiger partial charge in [-0.15, -0.1) is 0 Å². The maximum Gasteiger partial charge on any atom is 0.224 e. The SMILES string of the molecule is CNc1ncc(C)c(Nc2c(F)cc(F)cc2F)n1. The van der Waals surface area contributed by atoms with E-state index in [1.54, 1.807) is 14.0 Å². The van der Waals surface area contributed by atoms with Gasteiger partial charge in [0.25, 0.3) is 0 Å². The molecule has 4 nitrogen and oxygen atoms in total. The maximum absolute atomic E-state index is 13.5. The van der Waals surface area contributed by atoms with E-state index in [1.807, 2.05) is 0 Å². The van der Waals surface area contributed by atoms with E-state index in [4.69, 9.17) is 0 Å². The molecule has 2 rings (SSSR count). The predicted octanol–water partition coefficient (Wildman–Crippen LogP) is 2.99. The first-order chi connectivity index (χ1) is 9.01. The number of benzene rings is 1. The van der Waals surface area contributed by atoms with Gasteiger partial charge in [-0.05, 0) is 6.92 Å². The van der Waals surface area contributed by atoms with Crippen LogP contribution in [0.4, 0.5) is 30.6 Å². The summed E-state index contributed by atoms with van der Waals surface area (Å²) in [6.07, 6.45) is 1.50. The summed E-state index contributed by atoms with van der Waals surface area (Å²) < 4.78 is 39.8. The van der Waals surface area contributed by atoms with Crippen LogP contribution in [0.1, 0.15) is 5.56 Å². The van der Waals surface area contributed by atoms with E-state index in [0.717, 1.165) is 0 Å². The zero-order valence-corrected chi connectivity index (χ0v) is 10.3. The highest BCUT2D eigenvalue weighted by Gasteiger charge is 2.13. The third-order valence-corrected chi connectivity index (χ3v) is 2.45. The van der Waals surface area contributed by atoms with E-state index in [1.165, 1.54) is 6.20 Å². The fourth-order valence-corrected chi connectivity index (χ4v) is 1.47. The Kier molecular flexibility index (Phi) is 3.55. The van der Waals surface area contributed by atoms with Crippen LogP contribution in [0.3, 0.4) is 0 Å². The number of nitrogens with one attached hydrogen (secondary N) is 2.